The fraction of sp³-hybridized carbons (Fsp3) is 0.483. The second-order valence-corrected chi connectivity index (χ2v) is 11.1. The lowest BCUT2D eigenvalue weighted by Gasteiger charge is -2.42. The van der Waals surface area contributed by atoms with Gasteiger partial charge in [-0.2, -0.15) is 11.3 Å². The first-order valence-corrected chi connectivity index (χ1v) is 14.4. The van der Waals surface area contributed by atoms with E-state index in [0.29, 0.717) is 29.9 Å². The summed E-state index contributed by atoms with van der Waals surface area (Å²) in [6, 6.07) is 8.66. The van der Waals surface area contributed by atoms with Crippen LogP contribution in [0.5, 0.6) is 5.75 Å². The molecule has 0 unspecified atom stereocenters. The van der Waals surface area contributed by atoms with Crippen molar-refractivity contribution < 1.29 is 27.5 Å². The number of carbonyl (C=O) groups is 2. The van der Waals surface area contributed by atoms with E-state index in [4.69, 9.17) is 0 Å². The molecule has 3 heterocycles. The van der Waals surface area contributed by atoms with Crippen LogP contribution in [-0.4, -0.2) is 66.9 Å². The highest BCUT2D eigenvalue weighted by Crippen LogP contribution is 2.30. The summed E-state index contributed by atoms with van der Waals surface area (Å²) in [5.41, 5.74) is 3.47. The summed E-state index contributed by atoms with van der Waals surface area (Å²) < 4.78 is 41.9. The molecule has 1 aromatic carbocycles. The molecule has 1 saturated heterocycles. The van der Waals surface area contributed by atoms with E-state index in [-0.39, 0.29) is 36.1 Å². The number of piperidine rings is 1. The number of Topliss-reactive ketones (excluding diaryl/α,β-unsaturated/α-hetero) is 1. The molecule has 1 aromatic heterocycles. The van der Waals surface area contributed by atoms with Crippen molar-refractivity contribution in [1.82, 2.24) is 10.2 Å². The second kappa shape index (κ2) is 13.0. The van der Waals surface area contributed by atoms with Crippen molar-refractivity contribution in [3.05, 3.63) is 57.8 Å². The average molecular weight is 577 g/mol. The van der Waals surface area contributed by atoms with Crippen LogP contribution in [0.25, 0.3) is 0 Å². The predicted octanol–water partition coefficient (Wildman–Crippen LogP) is 5.37. The Morgan fingerprint density at radius 3 is 2.52 bits per heavy atom. The van der Waals surface area contributed by atoms with Crippen molar-refractivity contribution >= 4 is 34.4 Å². The molecule has 1 amide bonds. The molecule has 2 aliphatic rings. The summed E-state index contributed by atoms with van der Waals surface area (Å²) in [6.07, 6.45) is -2.13. The Bertz CT molecular complexity index is 1230. The molecule has 11 heteroatoms. The van der Waals surface area contributed by atoms with Gasteiger partial charge in [-0.25, -0.2) is 0 Å². The third-order valence-corrected chi connectivity index (χ3v) is 8.32. The molecule has 4 rings (SSSR count). The van der Waals surface area contributed by atoms with Gasteiger partial charge in [-0.15, -0.1) is 13.2 Å². The van der Waals surface area contributed by atoms with E-state index in [9.17, 15) is 22.8 Å². The van der Waals surface area contributed by atoms with E-state index in [2.05, 4.69) is 43.2 Å². The maximum Gasteiger partial charge on any atom is 0.573 e. The zero-order valence-corrected chi connectivity index (χ0v) is 23.8. The number of aliphatic imine (C=N–C) groups is 1. The van der Waals surface area contributed by atoms with Crippen LogP contribution in [0.1, 0.15) is 45.6 Å². The fourth-order valence-electron chi connectivity index (χ4n) is 5.29. The number of ether oxygens (including phenoxy) is 1. The fourth-order valence-corrected chi connectivity index (χ4v) is 5.95. The molecule has 0 radical (unpaired) electrons. The smallest absolute Gasteiger partial charge is 0.406 e. The average Bonchev–Trinajstić information content (AvgIpc) is 3.43. The van der Waals surface area contributed by atoms with E-state index >= 15 is 0 Å². The zero-order valence-electron chi connectivity index (χ0n) is 23.0. The number of thiophene rings is 1. The number of rotatable bonds is 10. The van der Waals surface area contributed by atoms with Crippen LogP contribution in [0.15, 0.2) is 57.2 Å². The molecule has 2 aliphatic heterocycles. The van der Waals surface area contributed by atoms with Gasteiger partial charge in [0.1, 0.15) is 12.3 Å². The van der Waals surface area contributed by atoms with Gasteiger partial charge in [-0.05, 0) is 86.7 Å². The van der Waals surface area contributed by atoms with Crippen molar-refractivity contribution in [2.75, 3.05) is 31.1 Å². The van der Waals surface area contributed by atoms with Crippen LogP contribution in [0.2, 0.25) is 0 Å². The molecule has 0 bridgehead atoms. The summed E-state index contributed by atoms with van der Waals surface area (Å²) in [5, 5.41) is 7.06. The number of alkyl halides is 3. The monoisotopic (exact) mass is 576 g/mol. The number of nitrogens with zero attached hydrogens (tertiary/aromatic N) is 3. The molecule has 1 N–H and O–H groups in total. The number of halogens is 3. The van der Waals surface area contributed by atoms with Crippen molar-refractivity contribution in [2.45, 2.75) is 65.0 Å². The molecule has 40 heavy (non-hydrogen) atoms. The van der Waals surface area contributed by atoms with Gasteiger partial charge < -0.3 is 19.9 Å². The quantitative estimate of drug-likeness (QED) is 0.412. The minimum atomic E-state index is -4.72. The highest BCUT2D eigenvalue weighted by Gasteiger charge is 2.32. The number of hydrogen-bond acceptors (Lipinski definition) is 7. The Morgan fingerprint density at radius 1 is 1.20 bits per heavy atom. The van der Waals surface area contributed by atoms with Crippen LogP contribution < -0.4 is 15.0 Å². The third-order valence-electron chi connectivity index (χ3n) is 7.59. The lowest BCUT2D eigenvalue weighted by molar-refractivity contribution is -0.274. The zero-order chi connectivity index (χ0) is 28.9. The molecule has 1 fully saturated rings. The van der Waals surface area contributed by atoms with Gasteiger partial charge in [0.15, 0.2) is 5.78 Å². The highest BCUT2D eigenvalue weighted by atomic mass is 32.1. The Kier molecular flexibility index (Phi) is 9.68. The first-order chi connectivity index (χ1) is 19.0. The Hall–Kier alpha value is -3.18. The molecular formula is C29H35F3N4O3S. The van der Waals surface area contributed by atoms with Crippen LogP contribution in [-0.2, 0) is 16.1 Å². The van der Waals surface area contributed by atoms with Gasteiger partial charge in [-0.1, -0.05) is 0 Å². The normalized spacial score (nSPS) is 17.9. The topological polar surface area (TPSA) is 74.2 Å². The summed E-state index contributed by atoms with van der Waals surface area (Å²) >= 11 is 1.62. The number of likely N-dealkylation sites (tertiary alicyclic amines) is 1. The van der Waals surface area contributed by atoms with E-state index in [0.717, 1.165) is 43.6 Å². The van der Waals surface area contributed by atoms with Crippen LogP contribution in [0, 0.1) is 0 Å². The minimum Gasteiger partial charge on any atom is -0.406 e. The SMILES string of the molecule is CC1=NCC(=O)C(C)=C1C(=O)NCC[C@@H](C)N1CCC(N(Cc2ccsc2)c2ccc(OC(F)(F)F)cc2)CC1. The van der Waals surface area contributed by atoms with Gasteiger partial charge in [-0.3, -0.25) is 14.6 Å². The first-order valence-electron chi connectivity index (χ1n) is 13.4. The summed E-state index contributed by atoms with van der Waals surface area (Å²) in [4.78, 5) is 33.5. The number of nitrogens with one attached hydrogen (secondary N) is 1. The summed E-state index contributed by atoms with van der Waals surface area (Å²) in [5.74, 6) is -0.606. The van der Waals surface area contributed by atoms with Crippen LogP contribution in [0.4, 0.5) is 18.9 Å². The van der Waals surface area contributed by atoms with Gasteiger partial charge >= 0.3 is 6.36 Å². The second-order valence-electron chi connectivity index (χ2n) is 10.3. The summed E-state index contributed by atoms with van der Waals surface area (Å²) in [7, 11) is 0. The van der Waals surface area contributed by atoms with Crippen LogP contribution >= 0.6 is 11.3 Å². The maximum atomic E-state index is 12.7. The van der Waals surface area contributed by atoms with Gasteiger partial charge in [0.05, 0.1) is 5.57 Å². The van der Waals surface area contributed by atoms with Gasteiger partial charge in [0.2, 0.25) is 0 Å². The lowest BCUT2D eigenvalue weighted by atomic mass is 9.98. The maximum absolute atomic E-state index is 12.7. The largest absolute Gasteiger partial charge is 0.573 e. The number of amides is 1. The molecule has 0 saturated carbocycles. The van der Waals surface area contributed by atoms with Crippen molar-refractivity contribution in [3.8, 4) is 5.75 Å². The van der Waals surface area contributed by atoms with E-state index in [1.165, 1.54) is 12.1 Å². The van der Waals surface area contributed by atoms with Crippen molar-refractivity contribution in [1.29, 1.82) is 0 Å². The summed E-state index contributed by atoms with van der Waals surface area (Å²) in [6.45, 7) is 8.60. The molecular weight excluding hydrogens is 541 g/mol. The standard InChI is InChI=1S/C29H35F3N4O3S/c1-19(8-12-33-28(38)27-20(2)26(37)16-34-21(27)3)35-13-9-24(10-14-35)36(17-22-11-15-40-18-22)23-4-6-25(7-5-23)39-29(30,31)32/h4-7,11,15,18-19,24H,8-10,12-14,16-17H2,1-3H3,(H,33,38)/t19-/m1/s1. The molecule has 1 atom stereocenters. The third kappa shape index (κ3) is 7.72. The number of benzene rings is 1. The molecule has 0 spiro atoms. The Morgan fingerprint density at radius 2 is 1.90 bits per heavy atom. The number of dihydropyridines is 1. The van der Waals surface area contributed by atoms with Crippen molar-refractivity contribution in [3.63, 3.8) is 0 Å². The number of hydrogen-bond donors (Lipinski definition) is 1. The number of ketones is 1. The Balaban J connectivity index is 1.32. The van der Waals surface area contributed by atoms with Crippen molar-refractivity contribution in [2.24, 2.45) is 4.99 Å². The Labute approximate surface area is 236 Å². The van der Waals surface area contributed by atoms with Crippen LogP contribution in [0.3, 0.4) is 0 Å². The van der Waals surface area contributed by atoms with E-state index < -0.39 is 6.36 Å². The predicted molar refractivity (Wildman–Crippen MR) is 151 cm³/mol. The molecule has 2 aromatic rings. The highest BCUT2D eigenvalue weighted by molar-refractivity contribution is 7.07. The number of carbonyl (C=O) groups excluding carboxylic acids is 2. The molecule has 0 aliphatic carbocycles. The van der Waals surface area contributed by atoms with Gasteiger partial charge in [0, 0.05) is 55.2 Å². The molecule has 7 nitrogen and oxygen atoms in total. The lowest BCUT2D eigenvalue weighted by Crippen LogP contribution is -2.48. The van der Waals surface area contributed by atoms with E-state index in [1.807, 2.05) is 5.38 Å². The van der Waals surface area contributed by atoms with Gasteiger partial charge in [0.25, 0.3) is 5.91 Å². The van der Waals surface area contributed by atoms with E-state index in [1.54, 1.807) is 37.3 Å². The first kappa shape index (κ1) is 29.8. The number of anilines is 1. The molecule has 216 valence electrons. The minimum absolute atomic E-state index is 0.101.